The van der Waals surface area contributed by atoms with E-state index >= 15 is 0 Å². The summed E-state index contributed by atoms with van der Waals surface area (Å²) in [5.41, 5.74) is 0.970. The Bertz CT molecular complexity index is 834. The van der Waals surface area contributed by atoms with E-state index in [1.165, 1.54) is 19.5 Å². The lowest BCUT2D eigenvalue weighted by Gasteiger charge is -2.21. The first-order valence-electron chi connectivity index (χ1n) is 8.90. The molecule has 2 bridgehead atoms. The zero-order chi connectivity index (χ0) is 18.1. The third-order valence-corrected chi connectivity index (χ3v) is 5.06. The van der Waals surface area contributed by atoms with Crippen LogP contribution < -0.4 is 15.4 Å². The van der Waals surface area contributed by atoms with Crippen molar-refractivity contribution in [1.82, 2.24) is 15.6 Å². The number of nitrogens with zero attached hydrogens (tertiary/aromatic N) is 1. The van der Waals surface area contributed by atoms with Crippen molar-refractivity contribution in [3.8, 4) is 11.5 Å². The molecule has 134 valence electrons. The number of amides is 1. The van der Waals surface area contributed by atoms with Crippen molar-refractivity contribution in [2.75, 3.05) is 0 Å². The van der Waals surface area contributed by atoms with Gasteiger partial charge in [0.2, 0.25) is 0 Å². The second kappa shape index (κ2) is 6.88. The van der Waals surface area contributed by atoms with E-state index in [0.29, 0.717) is 34.8 Å². The molecule has 2 aliphatic heterocycles. The van der Waals surface area contributed by atoms with Crippen molar-refractivity contribution in [2.24, 2.45) is 0 Å². The SMILES string of the molecule is CC(=O)c1cc(Oc2ccc(C(=O)N[C@@H]3C[C@H]4CC[C@@H]3N4)cc2)ccn1. The Labute approximate surface area is 152 Å². The van der Waals surface area contributed by atoms with Gasteiger partial charge in [0.05, 0.1) is 0 Å². The molecule has 1 aromatic heterocycles. The van der Waals surface area contributed by atoms with E-state index in [1.807, 2.05) is 0 Å². The molecule has 0 radical (unpaired) electrons. The second-order valence-electron chi connectivity index (χ2n) is 6.92. The normalized spacial score (nSPS) is 23.7. The van der Waals surface area contributed by atoms with Gasteiger partial charge in [-0.3, -0.25) is 14.6 Å². The molecule has 2 N–H and O–H groups in total. The molecule has 0 saturated carbocycles. The average Bonchev–Trinajstić information content (AvgIpc) is 3.25. The Balaban J connectivity index is 1.39. The summed E-state index contributed by atoms with van der Waals surface area (Å²) >= 11 is 0. The van der Waals surface area contributed by atoms with Gasteiger partial charge in [-0.05, 0) is 49.6 Å². The first-order valence-corrected chi connectivity index (χ1v) is 8.90. The van der Waals surface area contributed by atoms with E-state index < -0.39 is 0 Å². The number of ether oxygens (including phenoxy) is 1. The molecular formula is C20H21N3O3. The van der Waals surface area contributed by atoms with Gasteiger partial charge in [0.1, 0.15) is 17.2 Å². The van der Waals surface area contributed by atoms with Crippen molar-refractivity contribution >= 4 is 11.7 Å². The number of carbonyl (C=O) groups excluding carboxylic acids is 2. The highest BCUT2D eigenvalue weighted by molar-refractivity contribution is 5.94. The van der Waals surface area contributed by atoms with Gasteiger partial charge in [0.25, 0.3) is 5.91 Å². The number of carbonyl (C=O) groups is 2. The first-order chi connectivity index (χ1) is 12.6. The fraction of sp³-hybridized carbons (Fsp3) is 0.350. The van der Waals surface area contributed by atoms with Gasteiger partial charge in [-0.2, -0.15) is 0 Å². The van der Waals surface area contributed by atoms with E-state index in [2.05, 4.69) is 15.6 Å². The fourth-order valence-electron chi connectivity index (χ4n) is 3.71. The number of hydrogen-bond donors (Lipinski definition) is 2. The molecule has 0 aliphatic carbocycles. The van der Waals surface area contributed by atoms with Crippen molar-refractivity contribution in [2.45, 2.75) is 44.3 Å². The van der Waals surface area contributed by atoms with Gasteiger partial charge < -0.3 is 15.4 Å². The Morgan fingerprint density at radius 2 is 1.96 bits per heavy atom. The summed E-state index contributed by atoms with van der Waals surface area (Å²) in [6.07, 6.45) is 4.90. The van der Waals surface area contributed by atoms with Crippen molar-refractivity contribution in [3.05, 3.63) is 53.9 Å². The highest BCUT2D eigenvalue weighted by Crippen LogP contribution is 2.28. The largest absolute Gasteiger partial charge is 0.457 e. The third-order valence-electron chi connectivity index (χ3n) is 5.06. The maximum Gasteiger partial charge on any atom is 0.251 e. The lowest BCUT2D eigenvalue weighted by atomic mass is 9.95. The smallest absolute Gasteiger partial charge is 0.251 e. The molecular weight excluding hydrogens is 330 g/mol. The molecule has 4 rings (SSSR count). The number of Topliss-reactive ketones (excluding diaryl/α,β-unsaturated/α-hetero) is 1. The highest BCUT2D eigenvalue weighted by atomic mass is 16.5. The molecule has 2 fully saturated rings. The van der Waals surface area contributed by atoms with Crippen LogP contribution in [-0.2, 0) is 0 Å². The molecule has 6 nitrogen and oxygen atoms in total. The van der Waals surface area contributed by atoms with Gasteiger partial charge in [0, 0.05) is 42.9 Å². The fourth-order valence-corrected chi connectivity index (χ4v) is 3.71. The standard InChI is InChI=1S/C20H21N3O3/c1-12(24)18-11-16(8-9-21-18)26-15-5-2-13(3-6-15)20(25)23-19-10-14-4-7-17(19)22-14/h2-3,5-6,8-9,11,14,17,19,22H,4,7,10H2,1H3,(H,23,25)/t14-,17+,19-/m1/s1. The van der Waals surface area contributed by atoms with E-state index in [4.69, 9.17) is 4.74 Å². The number of aromatic nitrogens is 1. The Morgan fingerprint density at radius 1 is 1.15 bits per heavy atom. The Kier molecular flexibility index (Phi) is 4.42. The summed E-state index contributed by atoms with van der Waals surface area (Å²) in [6, 6.07) is 11.5. The second-order valence-corrected chi connectivity index (χ2v) is 6.92. The predicted molar refractivity (Wildman–Crippen MR) is 96.6 cm³/mol. The summed E-state index contributed by atoms with van der Waals surface area (Å²) in [4.78, 5) is 27.8. The van der Waals surface area contributed by atoms with Crippen LogP contribution >= 0.6 is 0 Å². The van der Waals surface area contributed by atoms with Crippen LogP contribution in [0.1, 0.15) is 47.0 Å². The summed E-state index contributed by atoms with van der Waals surface area (Å²) in [7, 11) is 0. The van der Waals surface area contributed by atoms with Crippen LogP contribution in [0.15, 0.2) is 42.6 Å². The van der Waals surface area contributed by atoms with Crippen molar-refractivity contribution in [1.29, 1.82) is 0 Å². The number of benzene rings is 1. The quantitative estimate of drug-likeness (QED) is 0.810. The molecule has 1 aromatic carbocycles. The monoisotopic (exact) mass is 351 g/mol. The van der Waals surface area contributed by atoms with Crippen LogP contribution in [0.25, 0.3) is 0 Å². The maximum atomic E-state index is 12.4. The van der Waals surface area contributed by atoms with Crippen LogP contribution in [-0.4, -0.2) is 34.8 Å². The predicted octanol–water partition coefficient (Wildman–Crippen LogP) is 2.70. The van der Waals surface area contributed by atoms with Crippen LogP contribution in [0.4, 0.5) is 0 Å². The zero-order valence-corrected chi connectivity index (χ0v) is 14.6. The number of fused-ring (bicyclic) bond motifs is 2. The third kappa shape index (κ3) is 3.46. The summed E-state index contributed by atoms with van der Waals surface area (Å²) in [5, 5.41) is 6.65. The number of nitrogens with one attached hydrogen (secondary N) is 2. The molecule has 3 heterocycles. The van der Waals surface area contributed by atoms with Crippen molar-refractivity contribution in [3.63, 3.8) is 0 Å². The lowest BCUT2D eigenvalue weighted by Crippen LogP contribution is -2.42. The average molecular weight is 351 g/mol. The maximum absolute atomic E-state index is 12.4. The zero-order valence-electron chi connectivity index (χ0n) is 14.6. The van der Waals surface area contributed by atoms with E-state index in [1.54, 1.807) is 36.4 Å². The van der Waals surface area contributed by atoms with Crippen molar-refractivity contribution < 1.29 is 14.3 Å². The molecule has 26 heavy (non-hydrogen) atoms. The minimum Gasteiger partial charge on any atom is -0.457 e. The van der Waals surface area contributed by atoms with Gasteiger partial charge in [-0.25, -0.2) is 0 Å². The molecule has 0 spiro atoms. The molecule has 1 amide bonds. The van der Waals surface area contributed by atoms with E-state index in [9.17, 15) is 9.59 Å². The van der Waals surface area contributed by atoms with Crippen LogP contribution in [0.3, 0.4) is 0 Å². The first kappa shape index (κ1) is 16.7. The number of ketones is 1. The molecule has 3 atom stereocenters. The molecule has 2 aliphatic rings. The molecule has 0 unspecified atom stereocenters. The number of pyridine rings is 1. The highest BCUT2D eigenvalue weighted by Gasteiger charge is 2.39. The molecule has 6 heteroatoms. The Hall–Kier alpha value is -2.73. The summed E-state index contributed by atoms with van der Waals surface area (Å²) in [6.45, 7) is 1.46. The van der Waals surface area contributed by atoms with Gasteiger partial charge in [0.15, 0.2) is 5.78 Å². The van der Waals surface area contributed by atoms with Gasteiger partial charge in [-0.15, -0.1) is 0 Å². The van der Waals surface area contributed by atoms with Gasteiger partial charge >= 0.3 is 0 Å². The van der Waals surface area contributed by atoms with Gasteiger partial charge in [-0.1, -0.05) is 0 Å². The summed E-state index contributed by atoms with van der Waals surface area (Å²) < 4.78 is 5.74. The van der Waals surface area contributed by atoms with Crippen LogP contribution in [0, 0.1) is 0 Å². The van der Waals surface area contributed by atoms with Crippen LogP contribution in [0.2, 0.25) is 0 Å². The van der Waals surface area contributed by atoms with Crippen LogP contribution in [0.5, 0.6) is 11.5 Å². The summed E-state index contributed by atoms with van der Waals surface area (Å²) in [5.74, 6) is 0.968. The Morgan fingerprint density at radius 3 is 2.62 bits per heavy atom. The molecule has 2 saturated heterocycles. The minimum absolute atomic E-state index is 0.0568. The van der Waals surface area contributed by atoms with E-state index in [0.717, 1.165) is 12.8 Å². The van der Waals surface area contributed by atoms with E-state index in [-0.39, 0.29) is 17.7 Å². The minimum atomic E-state index is -0.113. The molecule has 2 aromatic rings. The lowest BCUT2D eigenvalue weighted by molar-refractivity contribution is 0.0930. The topological polar surface area (TPSA) is 80.3 Å². The number of rotatable bonds is 5. The number of hydrogen-bond acceptors (Lipinski definition) is 5.